The number of nitriles is 1. The fraction of sp³-hybridized carbons (Fsp3) is 0.286. The second-order valence-electron chi connectivity index (χ2n) is 2.17. The van der Waals surface area contributed by atoms with Crippen molar-refractivity contribution in [2.45, 2.75) is 6.42 Å². The number of thiol groups is 1. The summed E-state index contributed by atoms with van der Waals surface area (Å²) < 4.78 is 8.71. The third-order valence-electron chi connectivity index (χ3n) is 1.35. The zero-order valence-electron chi connectivity index (χ0n) is 6.77. The summed E-state index contributed by atoms with van der Waals surface area (Å²) in [6, 6.07) is 1.94. The van der Waals surface area contributed by atoms with E-state index in [0.717, 1.165) is 11.5 Å². The predicted molar refractivity (Wildman–Crippen MR) is 51.1 cm³/mol. The van der Waals surface area contributed by atoms with Crippen molar-refractivity contribution in [1.29, 1.82) is 5.26 Å². The molecule has 4 nitrogen and oxygen atoms in total. The lowest BCUT2D eigenvalue weighted by molar-refractivity contribution is -0.110. The molecule has 0 aromatic carbocycles. The standard InChI is InChI=1S/C7H6N2O2S2/c1-11-7-4(3-8)5(13-9-7)2-6(10)12/h2H2,1H3,(H,10,12). The summed E-state index contributed by atoms with van der Waals surface area (Å²) >= 11 is 4.71. The normalized spacial score (nSPS) is 9.31. The highest BCUT2D eigenvalue weighted by Crippen LogP contribution is 2.24. The number of rotatable bonds is 3. The maximum Gasteiger partial charge on any atom is 0.243 e. The van der Waals surface area contributed by atoms with Crippen LogP contribution in [0.4, 0.5) is 0 Å². The minimum absolute atomic E-state index is 0.118. The lowest BCUT2D eigenvalue weighted by Crippen LogP contribution is -1.93. The number of nitrogens with zero attached hydrogens (tertiary/aromatic N) is 2. The summed E-state index contributed by atoms with van der Waals surface area (Å²) in [6.45, 7) is 0. The summed E-state index contributed by atoms with van der Waals surface area (Å²) in [5.41, 5.74) is 0.329. The van der Waals surface area contributed by atoms with E-state index in [1.165, 1.54) is 7.11 Å². The Hall–Kier alpha value is -1.06. The molecule has 0 atom stereocenters. The molecule has 0 spiro atoms. The Balaban J connectivity index is 3.02. The van der Waals surface area contributed by atoms with Gasteiger partial charge >= 0.3 is 0 Å². The van der Waals surface area contributed by atoms with Crippen LogP contribution in [0, 0.1) is 11.3 Å². The summed E-state index contributed by atoms with van der Waals surface area (Å²) in [6.07, 6.45) is 0.118. The van der Waals surface area contributed by atoms with E-state index in [4.69, 9.17) is 10.00 Å². The molecule has 1 aromatic heterocycles. The van der Waals surface area contributed by atoms with Crippen molar-refractivity contribution in [3.05, 3.63) is 10.4 Å². The largest absolute Gasteiger partial charge is 0.479 e. The smallest absolute Gasteiger partial charge is 0.243 e. The number of carbonyl (C=O) groups excluding carboxylic acids is 1. The predicted octanol–water partition coefficient (Wildman–Crippen LogP) is 1.02. The van der Waals surface area contributed by atoms with Crippen LogP contribution in [-0.4, -0.2) is 16.6 Å². The lowest BCUT2D eigenvalue weighted by atomic mass is 10.2. The van der Waals surface area contributed by atoms with Crippen molar-refractivity contribution < 1.29 is 9.53 Å². The minimum atomic E-state index is -0.289. The van der Waals surface area contributed by atoms with Gasteiger partial charge in [0.15, 0.2) is 5.12 Å². The van der Waals surface area contributed by atoms with Gasteiger partial charge in [-0.2, -0.15) is 9.64 Å². The number of carbonyl (C=O) groups is 1. The molecule has 0 N–H and O–H groups in total. The third-order valence-corrected chi connectivity index (χ3v) is 2.33. The van der Waals surface area contributed by atoms with Gasteiger partial charge in [0.25, 0.3) is 0 Å². The molecule has 0 saturated heterocycles. The highest BCUT2D eigenvalue weighted by molar-refractivity contribution is 7.96. The number of methoxy groups -OCH3 is 1. The van der Waals surface area contributed by atoms with Crippen LogP contribution in [0.25, 0.3) is 0 Å². The first-order chi connectivity index (χ1) is 6.19. The third kappa shape index (κ3) is 2.20. The molecule has 1 aromatic rings. The molecule has 0 amide bonds. The molecule has 68 valence electrons. The van der Waals surface area contributed by atoms with E-state index in [1.807, 2.05) is 6.07 Å². The van der Waals surface area contributed by atoms with Gasteiger partial charge in [0.05, 0.1) is 18.4 Å². The lowest BCUT2D eigenvalue weighted by Gasteiger charge is -1.93. The fourth-order valence-corrected chi connectivity index (χ4v) is 1.86. The Morgan fingerprint density at radius 2 is 2.54 bits per heavy atom. The number of hydrogen-bond donors (Lipinski definition) is 1. The Morgan fingerprint density at radius 1 is 1.85 bits per heavy atom. The average molecular weight is 214 g/mol. The quantitative estimate of drug-likeness (QED) is 0.763. The molecule has 0 aliphatic heterocycles. The second-order valence-corrected chi connectivity index (χ2v) is 3.53. The monoisotopic (exact) mass is 214 g/mol. The van der Waals surface area contributed by atoms with Crippen molar-refractivity contribution in [2.24, 2.45) is 0 Å². The van der Waals surface area contributed by atoms with E-state index in [-0.39, 0.29) is 17.4 Å². The van der Waals surface area contributed by atoms with Crippen molar-refractivity contribution in [2.75, 3.05) is 7.11 Å². The van der Waals surface area contributed by atoms with Crippen LogP contribution >= 0.6 is 24.2 Å². The molecule has 0 bridgehead atoms. The number of aromatic nitrogens is 1. The topological polar surface area (TPSA) is 63.0 Å². The molecule has 1 heterocycles. The Kier molecular flexibility index (Phi) is 3.28. The van der Waals surface area contributed by atoms with Gasteiger partial charge in [-0.1, -0.05) is 0 Å². The summed E-state index contributed by atoms with van der Waals surface area (Å²) in [7, 11) is 1.43. The van der Waals surface area contributed by atoms with Crippen LogP contribution in [0.3, 0.4) is 0 Å². The Bertz CT molecular complexity index is 367. The van der Waals surface area contributed by atoms with Crippen LogP contribution in [0.1, 0.15) is 10.4 Å². The highest BCUT2D eigenvalue weighted by atomic mass is 32.1. The summed E-state index contributed by atoms with van der Waals surface area (Å²) in [4.78, 5) is 11.3. The van der Waals surface area contributed by atoms with Gasteiger partial charge in [0.2, 0.25) is 5.88 Å². The van der Waals surface area contributed by atoms with Gasteiger partial charge in [-0.25, -0.2) is 0 Å². The maximum atomic E-state index is 10.7. The minimum Gasteiger partial charge on any atom is -0.479 e. The highest BCUT2D eigenvalue weighted by Gasteiger charge is 2.15. The molecule has 0 fully saturated rings. The fourth-order valence-electron chi connectivity index (χ4n) is 0.815. The molecular weight excluding hydrogens is 208 g/mol. The van der Waals surface area contributed by atoms with Gasteiger partial charge < -0.3 is 4.74 Å². The molecule has 6 heteroatoms. The van der Waals surface area contributed by atoms with Crippen LogP contribution in [0.15, 0.2) is 0 Å². The van der Waals surface area contributed by atoms with E-state index >= 15 is 0 Å². The van der Waals surface area contributed by atoms with E-state index in [9.17, 15) is 4.79 Å². The van der Waals surface area contributed by atoms with Crippen molar-refractivity contribution >= 4 is 29.3 Å². The number of hydrogen-bond acceptors (Lipinski definition) is 5. The molecular formula is C7H6N2O2S2. The van der Waals surface area contributed by atoms with Gasteiger partial charge in [0, 0.05) is 0 Å². The maximum absolute atomic E-state index is 10.7. The van der Waals surface area contributed by atoms with Crippen LogP contribution in [0.5, 0.6) is 5.88 Å². The van der Waals surface area contributed by atoms with Gasteiger partial charge in [-0.3, -0.25) is 4.79 Å². The molecule has 0 aliphatic carbocycles. The van der Waals surface area contributed by atoms with Crippen molar-refractivity contribution in [1.82, 2.24) is 4.37 Å². The van der Waals surface area contributed by atoms with Gasteiger partial charge in [-0.05, 0) is 11.5 Å². The second kappa shape index (κ2) is 4.25. The molecule has 0 saturated carbocycles. The van der Waals surface area contributed by atoms with E-state index in [0.29, 0.717) is 10.4 Å². The Labute approximate surface area is 84.7 Å². The summed E-state index contributed by atoms with van der Waals surface area (Å²) in [5.74, 6) is 0.275. The van der Waals surface area contributed by atoms with Gasteiger partial charge in [0.1, 0.15) is 11.6 Å². The average Bonchev–Trinajstić information content (AvgIpc) is 2.45. The number of ether oxygens (including phenoxy) is 1. The Morgan fingerprint density at radius 3 is 3.00 bits per heavy atom. The first-order valence-corrected chi connectivity index (χ1v) is 4.55. The first kappa shape index (κ1) is 10.0. The molecule has 1 rings (SSSR count). The van der Waals surface area contributed by atoms with E-state index in [1.54, 1.807) is 0 Å². The molecule has 0 aliphatic rings. The van der Waals surface area contributed by atoms with E-state index in [2.05, 4.69) is 17.0 Å². The van der Waals surface area contributed by atoms with Gasteiger partial charge in [-0.15, -0.1) is 12.6 Å². The van der Waals surface area contributed by atoms with Crippen LogP contribution < -0.4 is 4.74 Å². The van der Waals surface area contributed by atoms with E-state index < -0.39 is 0 Å². The molecule has 13 heavy (non-hydrogen) atoms. The van der Waals surface area contributed by atoms with Crippen molar-refractivity contribution in [3.63, 3.8) is 0 Å². The van der Waals surface area contributed by atoms with Crippen LogP contribution in [-0.2, 0) is 11.2 Å². The van der Waals surface area contributed by atoms with Crippen molar-refractivity contribution in [3.8, 4) is 11.9 Å². The molecule has 0 unspecified atom stereocenters. The summed E-state index contributed by atoms with van der Waals surface area (Å²) in [5, 5.41) is 8.44. The SMILES string of the molecule is COc1nsc(CC(=O)S)c1C#N. The zero-order valence-corrected chi connectivity index (χ0v) is 8.48. The zero-order chi connectivity index (χ0) is 9.84. The first-order valence-electron chi connectivity index (χ1n) is 3.33. The molecule has 0 radical (unpaired) electrons. The van der Waals surface area contributed by atoms with Crippen LogP contribution in [0.2, 0.25) is 0 Å².